The van der Waals surface area contributed by atoms with Crippen molar-refractivity contribution in [2.75, 3.05) is 20.1 Å². The lowest BCUT2D eigenvalue weighted by atomic mass is 9.85. The van der Waals surface area contributed by atoms with Crippen molar-refractivity contribution in [1.82, 2.24) is 14.4 Å². The third-order valence-corrected chi connectivity index (χ3v) is 7.74. The topological polar surface area (TPSA) is 28.5 Å². The summed E-state index contributed by atoms with van der Waals surface area (Å²) in [5.74, 6) is 0.839. The molecule has 6 rings (SSSR count). The normalized spacial score (nSPS) is 29.9. The zero-order valence-corrected chi connectivity index (χ0v) is 16.7. The van der Waals surface area contributed by atoms with E-state index >= 15 is 0 Å². The van der Waals surface area contributed by atoms with Crippen LogP contribution in [0, 0.1) is 5.92 Å². The first-order valence-electron chi connectivity index (χ1n) is 10.7. The standard InChI is InChI=1S/C24H27N3O/c1-3-26-20-8-5-4-7-18(20)19-13-16(9-10-21(19)26)22-14-17-15-25(2)23(28)24(17)11-6-12-27(22)24/h4-5,7-10,13,17,22H,3,6,11-12,14-15H2,1-2H3/t17-,22-,24-/m0/s1. The molecule has 4 heterocycles. The first-order chi connectivity index (χ1) is 13.6. The van der Waals surface area contributed by atoms with E-state index in [9.17, 15) is 4.79 Å². The Hall–Kier alpha value is -2.33. The van der Waals surface area contributed by atoms with Crippen LogP contribution in [0.1, 0.15) is 37.8 Å². The summed E-state index contributed by atoms with van der Waals surface area (Å²) < 4.78 is 2.41. The van der Waals surface area contributed by atoms with Crippen molar-refractivity contribution >= 4 is 27.7 Å². The molecule has 1 aromatic heterocycles. The van der Waals surface area contributed by atoms with Gasteiger partial charge in [0.05, 0.1) is 0 Å². The maximum atomic E-state index is 13.1. The number of rotatable bonds is 2. The molecule has 3 atom stereocenters. The third kappa shape index (κ3) is 1.87. The van der Waals surface area contributed by atoms with Gasteiger partial charge in [0.25, 0.3) is 0 Å². The molecule has 3 aliphatic heterocycles. The van der Waals surface area contributed by atoms with Gasteiger partial charge in [0.1, 0.15) is 5.54 Å². The highest BCUT2D eigenvalue weighted by molar-refractivity contribution is 6.08. The molecule has 4 nitrogen and oxygen atoms in total. The molecule has 3 aromatic rings. The molecule has 0 bridgehead atoms. The first kappa shape index (κ1) is 16.6. The lowest BCUT2D eigenvalue weighted by Gasteiger charge is -2.33. The smallest absolute Gasteiger partial charge is 0.243 e. The quantitative estimate of drug-likeness (QED) is 0.674. The molecule has 28 heavy (non-hydrogen) atoms. The second-order valence-electron chi connectivity index (χ2n) is 8.89. The number of carbonyl (C=O) groups excluding carboxylic acids is 1. The molecule has 0 unspecified atom stereocenters. The number of likely N-dealkylation sites (N-methyl/N-ethyl adjacent to an activating group) is 1. The molecule has 0 N–H and O–H groups in total. The number of aryl methyl sites for hydroxylation is 1. The molecule has 4 heteroatoms. The number of hydrogen-bond donors (Lipinski definition) is 0. The summed E-state index contributed by atoms with van der Waals surface area (Å²) in [5, 5.41) is 2.69. The van der Waals surface area contributed by atoms with Gasteiger partial charge in [-0.05, 0) is 56.5 Å². The van der Waals surface area contributed by atoms with Gasteiger partial charge in [-0.2, -0.15) is 0 Å². The van der Waals surface area contributed by atoms with Gasteiger partial charge in [-0.3, -0.25) is 9.69 Å². The molecular weight excluding hydrogens is 346 g/mol. The van der Waals surface area contributed by atoms with E-state index in [2.05, 4.69) is 58.9 Å². The fourth-order valence-corrected chi connectivity index (χ4v) is 6.64. The van der Waals surface area contributed by atoms with Gasteiger partial charge in [0.2, 0.25) is 5.91 Å². The van der Waals surface area contributed by atoms with Crippen molar-refractivity contribution in [3.63, 3.8) is 0 Å². The fraction of sp³-hybridized carbons (Fsp3) is 0.458. The number of para-hydroxylation sites is 1. The van der Waals surface area contributed by atoms with Crippen molar-refractivity contribution in [2.45, 2.75) is 44.3 Å². The van der Waals surface area contributed by atoms with E-state index in [1.54, 1.807) is 0 Å². The largest absolute Gasteiger partial charge is 0.344 e. The Kier molecular flexibility index (Phi) is 3.32. The number of nitrogens with zero attached hydrogens (tertiary/aromatic N) is 3. The molecule has 0 saturated carbocycles. The number of benzene rings is 2. The highest BCUT2D eigenvalue weighted by atomic mass is 16.2. The maximum Gasteiger partial charge on any atom is 0.243 e. The summed E-state index contributed by atoms with van der Waals surface area (Å²) >= 11 is 0. The predicted octanol–water partition coefficient (Wildman–Crippen LogP) is 4.18. The van der Waals surface area contributed by atoms with Crippen LogP contribution in [0.3, 0.4) is 0 Å². The Bertz CT molecular complexity index is 1120. The third-order valence-electron chi connectivity index (χ3n) is 7.74. The Morgan fingerprint density at radius 3 is 2.79 bits per heavy atom. The van der Waals surface area contributed by atoms with Gasteiger partial charge >= 0.3 is 0 Å². The van der Waals surface area contributed by atoms with E-state index in [1.807, 2.05) is 11.9 Å². The van der Waals surface area contributed by atoms with E-state index in [0.717, 1.165) is 38.9 Å². The van der Waals surface area contributed by atoms with Crippen molar-refractivity contribution < 1.29 is 4.79 Å². The van der Waals surface area contributed by atoms with E-state index < -0.39 is 0 Å². The van der Waals surface area contributed by atoms with Crippen LogP contribution < -0.4 is 0 Å². The average molecular weight is 374 g/mol. The van der Waals surface area contributed by atoms with Crippen LogP contribution >= 0.6 is 0 Å². The summed E-state index contributed by atoms with van der Waals surface area (Å²) in [7, 11) is 1.98. The molecule has 3 fully saturated rings. The predicted molar refractivity (Wildman–Crippen MR) is 112 cm³/mol. The molecule has 2 aromatic carbocycles. The van der Waals surface area contributed by atoms with Gasteiger partial charge in [-0.1, -0.05) is 24.3 Å². The minimum absolute atomic E-state index is 0.216. The van der Waals surface area contributed by atoms with Crippen LogP contribution in [0.5, 0.6) is 0 Å². The fourth-order valence-electron chi connectivity index (χ4n) is 6.64. The summed E-state index contributed by atoms with van der Waals surface area (Å²) in [5.41, 5.74) is 3.80. The minimum atomic E-state index is -0.216. The summed E-state index contributed by atoms with van der Waals surface area (Å²) in [4.78, 5) is 17.6. The van der Waals surface area contributed by atoms with E-state index in [1.165, 1.54) is 27.4 Å². The highest BCUT2D eigenvalue weighted by Gasteiger charge is 2.64. The van der Waals surface area contributed by atoms with Crippen LogP contribution in [-0.2, 0) is 11.3 Å². The minimum Gasteiger partial charge on any atom is -0.344 e. The number of hydrogen-bond acceptors (Lipinski definition) is 2. The maximum absolute atomic E-state index is 13.1. The first-order valence-corrected chi connectivity index (χ1v) is 10.7. The molecule has 144 valence electrons. The zero-order valence-electron chi connectivity index (χ0n) is 16.7. The second-order valence-corrected chi connectivity index (χ2v) is 8.89. The van der Waals surface area contributed by atoms with Gasteiger partial charge in [-0.25, -0.2) is 0 Å². The molecule has 1 spiro atoms. The van der Waals surface area contributed by atoms with Crippen LogP contribution in [0.15, 0.2) is 42.5 Å². The van der Waals surface area contributed by atoms with E-state index in [0.29, 0.717) is 17.9 Å². The number of fused-ring (bicyclic) bond motifs is 3. The van der Waals surface area contributed by atoms with Gasteiger partial charge in [0.15, 0.2) is 0 Å². The molecule has 1 amide bonds. The van der Waals surface area contributed by atoms with Crippen LogP contribution in [0.25, 0.3) is 21.8 Å². The lowest BCUT2D eigenvalue weighted by Crippen LogP contribution is -2.49. The summed E-state index contributed by atoms with van der Waals surface area (Å²) in [6.07, 6.45) is 3.28. The number of amides is 1. The second kappa shape index (κ2) is 5.60. The van der Waals surface area contributed by atoms with E-state index in [-0.39, 0.29) is 5.54 Å². The Morgan fingerprint density at radius 1 is 1.11 bits per heavy atom. The highest BCUT2D eigenvalue weighted by Crippen LogP contribution is 2.55. The average Bonchev–Trinajstić information content (AvgIpc) is 3.41. The Morgan fingerprint density at radius 2 is 1.93 bits per heavy atom. The van der Waals surface area contributed by atoms with Gasteiger partial charge in [0, 0.05) is 53.9 Å². The summed E-state index contributed by atoms with van der Waals surface area (Å²) in [6.45, 7) is 5.16. The Labute approximate surface area is 165 Å². The molecule has 3 saturated heterocycles. The molecule has 0 aliphatic carbocycles. The van der Waals surface area contributed by atoms with E-state index in [4.69, 9.17) is 0 Å². The van der Waals surface area contributed by atoms with Gasteiger partial charge < -0.3 is 9.47 Å². The molecule has 3 aliphatic rings. The monoisotopic (exact) mass is 373 g/mol. The van der Waals surface area contributed by atoms with Crippen LogP contribution in [0.4, 0.5) is 0 Å². The van der Waals surface area contributed by atoms with Crippen molar-refractivity contribution in [3.8, 4) is 0 Å². The van der Waals surface area contributed by atoms with Crippen LogP contribution in [0.2, 0.25) is 0 Å². The SMILES string of the molecule is CCn1c2ccccc2c2cc([C@@H]3C[C@H]4CN(C)C(=O)[C@]45CCCN35)ccc21. The molecular formula is C24H27N3O. The lowest BCUT2D eigenvalue weighted by molar-refractivity contribution is -0.135. The van der Waals surface area contributed by atoms with Crippen molar-refractivity contribution in [2.24, 2.45) is 5.92 Å². The van der Waals surface area contributed by atoms with Crippen molar-refractivity contribution in [1.29, 1.82) is 0 Å². The van der Waals surface area contributed by atoms with Crippen molar-refractivity contribution in [3.05, 3.63) is 48.0 Å². The number of carbonyl (C=O) groups is 1. The van der Waals surface area contributed by atoms with Crippen LogP contribution in [-0.4, -0.2) is 46.0 Å². The Balaban J connectivity index is 1.49. The number of aromatic nitrogens is 1. The number of likely N-dealkylation sites (tertiary alicyclic amines) is 1. The summed E-state index contributed by atoms with van der Waals surface area (Å²) in [6, 6.07) is 16.1. The zero-order chi connectivity index (χ0) is 19.0. The van der Waals surface area contributed by atoms with Gasteiger partial charge in [-0.15, -0.1) is 0 Å². The molecule has 0 radical (unpaired) electrons.